The van der Waals surface area contributed by atoms with Gasteiger partial charge in [-0.25, -0.2) is 20.4 Å². The zero-order valence-electron chi connectivity index (χ0n) is 7.37. The zero-order valence-corrected chi connectivity index (χ0v) is 7.37. The Morgan fingerprint density at radius 2 is 1.79 bits per heavy atom. The molecule has 1 fully saturated rings. The lowest BCUT2D eigenvalue weighted by atomic mass is 10.2. The van der Waals surface area contributed by atoms with Crippen molar-refractivity contribution in [1.82, 2.24) is 5.32 Å². The van der Waals surface area contributed by atoms with Gasteiger partial charge in [0.2, 0.25) is 12.2 Å². The summed E-state index contributed by atoms with van der Waals surface area (Å²) in [6.45, 7) is 0.858. The molecule has 0 aromatic rings. The lowest BCUT2D eigenvalue weighted by molar-refractivity contribution is -0.139. The van der Waals surface area contributed by atoms with E-state index >= 15 is 0 Å². The van der Waals surface area contributed by atoms with Crippen molar-refractivity contribution in [1.29, 1.82) is 10.8 Å². The molecule has 1 aliphatic rings. The van der Waals surface area contributed by atoms with Gasteiger partial charge in [0, 0.05) is 0 Å². The van der Waals surface area contributed by atoms with E-state index in [1.165, 1.54) is 0 Å². The van der Waals surface area contributed by atoms with Gasteiger partial charge in [-0.3, -0.25) is 4.79 Å². The van der Waals surface area contributed by atoms with Crippen molar-refractivity contribution in [3.8, 4) is 0 Å². The largest absolute Gasteiger partial charge is 0.480 e. The molecule has 0 radical (unpaired) electrons. The molecule has 0 aromatic heterocycles. The van der Waals surface area contributed by atoms with Gasteiger partial charge in [-0.05, 0) is 19.4 Å². The van der Waals surface area contributed by atoms with Crippen molar-refractivity contribution in [2.45, 2.75) is 18.9 Å². The third-order valence-corrected chi connectivity index (χ3v) is 1.36. The van der Waals surface area contributed by atoms with Gasteiger partial charge in [0.15, 0.2) is 0 Å². The Bertz CT molecular complexity index is 211. The number of nitrogens with one attached hydrogen (secondary N) is 3. The topological polar surface area (TPSA) is 131 Å². The van der Waals surface area contributed by atoms with Crippen molar-refractivity contribution in [3.05, 3.63) is 0 Å². The van der Waals surface area contributed by atoms with Crippen LogP contribution in [0.25, 0.3) is 0 Å². The van der Waals surface area contributed by atoms with Crippen LogP contribution in [0.5, 0.6) is 0 Å². The minimum atomic E-state index is -0.720. The van der Waals surface area contributed by atoms with Crippen LogP contribution in [0.3, 0.4) is 0 Å². The molecule has 0 aliphatic carbocycles. The third kappa shape index (κ3) is 10.2. The number of isocyanates is 2. The minimum Gasteiger partial charge on any atom is -0.480 e. The number of carboxylic acid groups (broad SMARTS) is 1. The van der Waals surface area contributed by atoms with Crippen molar-refractivity contribution in [2.24, 2.45) is 0 Å². The highest BCUT2D eigenvalue weighted by Gasteiger charge is 2.20. The molecule has 1 aliphatic heterocycles. The second kappa shape index (κ2) is 11.2. The molecular weight excluding hydrogens is 190 g/mol. The van der Waals surface area contributed by atoms with Crippen LogP contribution < -0.4 is 5.32 Å². The van der Waals surface area contributed by atoms with Crippen LogP contribution >= 0.6 is 0 Å². The molecular formula is C7H11N3O4. The van der Waals surface area contributed by atoms with E-state index < -0.39 is 5.97 Å². The lowest BCUT2D eigenvalue weighted by Gasteiger charge is -1.99. The molecule has 7 nitrogen and oxygen atoms in total. The normalized spacial score (nSPS) is 17.3. The smallest absolute Gasteiger partial charge is 0.320 e. The van der Waals surface area contributed by atoms with E-state index in [-0.39, 0.29) is 6.04 Å². The maximum absolute atomic E-state index is 10.1. The summed E-state index contributed by atoms with van der Waals surface area (Å²) in [5, 5.41) is 22.0. The van der Waals surface area contributed by atoms with Gasteiger partial charge in [0.05, 0.1) is 0 Å². The van der Waals surface area contributed by atoms with Crippen molar-refractivity contribution in [3.63, 3.8) is 0 Å². The predicted molar refractivity (Wildman–Crippen MR) is 45.5 cm³/mol. The van der Waals surface area contributed by atoms with E-state index in [9.17, 15) is 4.79 Å². The fourth-order valence-corrected chi connectivity index (χ4v) is 0.895. The molecule has 1 unspecified atom stereocenters. The molecule has 14 heavy (non-hydrogen) atoms. The molecule has 0 aromatic carbocycles. The zero-order chi connectivity index (χ0) is 11.4. The van der Waals surface area contributed by atoms with E-state index in [0.29, 0.717) is 0 Å². The number of carbonyl (C=O) groups excluding carboxylic acids is 2. The van der Waals surface area contributed by atoms with Crippen molar-refractivity contribution < 1.29 is 19.5 Å². The predicted octanol–water partition coefficient (Wildman–Crippen LogP) is -0.375. The number of hydrogen-bond donors (Lipinski definition) is 4. The molecule has 7 heteroatoms. The van der Waals surface area contributed by atoms with Gasteiger partial charge < -0.3 is 10.4 Å². The molecule has 78 valence electrons. The second-order valence-corrected chi connectivity index (χ2v) is 2.19. The van der Waals surface area contributed by atoms with Gasteiger partial charge >= 0.3 is 5.97 Å². The molecule has 1 heterocycles. The van der Waals surface area contributed by atoms with Crippen LogP contribution in [0.4, 0.5) is 0 Å². The third-order valence-electron chi connectivity index (χ3n) is 1.36. The Balaban J connectivity index is 0. The van der Waals surface area contributed by atoms with E-state index in [4.69, 9.17) is 25.5 Å². The first-order valence-electron chi connectivity index (χ1n) is 3.68. The highest BCUT2D eigenvalue weighted by Crippen LogP contribution is 2.03. The Kier molecular flexibility index (Phi) is 11.7. The van der Waals surface area contributed by atoms with Crippen LogP contribution in [0.15, 0.2) is 0 Å². The first-order chi connectivity index (χ1) is 6.63. The van der Waals surface area contributed by atoms with E-state index in [2.05, 4.69) is 5.32 Å². The fraction of sp³-hybridized carbons (Fsp3) is 0.571. The molecule has 1 saturated heterocycles. The van der Waals surface area contributed by atoms with E-state index in [1.807, 2.05) is 0 Å². The Morgan fingerprint density at radius 3 is 1.93 bits per heavy atom. The Labute approximate surface area is 80.1 Å². The number of rotatable bonds is 1. The SMILES string of the molecule is N=C=O.N=C=O.O=C(O)C1CCCN1. The number of carbonyl (C=O) groups is 1. The van der Waals surface area contributed by atoms with Crippen LogP contribution in [0.1, 0.15) is 12.8 Å². The number of aliphatic carboxylic acids is 1. The summed E-state index contributed by atoms with van der Waals surface area (Å²) in [4.78, 5) is 26.8. The maximum atomic E-state index is 10.1. The maximum Gasteiger partial charge on any atom is 0.320 e. The average molecular weight is 201 g/mol. The number of carboxylic acids is 1. The molecule has 1 rings (SSSR count). The fourth-order valence-electron chi connectivity index (χ4n) is 0.895. The highest BCUT2D eigenvalue weighted by molar-refractivity contribution is 5.73. The summed E-state index contributed by atoms with van der Waals surface area (Å²) in [6.07, 6.45) is 3.28. The van der Waals surface area contributed by atoms with E-state index in [0.717, 1.165) is 31.5 Å². The summed E-state index contributed by atoms with van der Waals surface area (Å²) < 4.78 is 0. The summed E-state index contributed by atoms with van der Waals surface area (Å²) in [7, 11) is 0. The molecule has 1 atom stereocenters. The Hall–Kier alpha value is -1.81. The van der Waals surface area contributed by atoms with Gasteiger partial charge in [-0.1, -0.05) is 0 Å². The second-order valence-electron chi connectivity index (χ2n) is 2.19. The van der Waals surface area contributed by atoms with Crippen LogP contribution in [-0.2, 0) is 14.4 Å². The first-order valence-corrected chi connectivity index (χ1v) is 3.68. The number of hydrogen-bond acceptors (Lipinski definition) is 6. The van der Waals surface area contributed by atoms with Gasteiger partial charge in [0.25, 0.3) is 0 Å². The molecule has 4 N–H and O–H groups in total. The summed E-state index contributed by atoms with van der Waals surface area (Å²) in [5.74, 6) is -0.720. The summed E-state index contributed by atoms with van der Waals surface area (Å²) in [6, 6.07) is -0.269. The molecule has 0 saturated carbocycles. The van der Waals surface area contributed by atoms with E-state index in [1.54, 1.807) is 0 Å². The molecule has 0 bridgehead atoms. The Morgan fingerprint density at radius 1 is 1.36 bits per heavy atom. The lowest BCUT2D eigenvalue weighted by Crippen LogP contribution is -2.29. The summed E-state index contributed by atoms with van der Waals surface area (Å²) >= 11 is 0. The quantitative estimate of drug-likeness (QED) is 0.339. The van der Waals surface area contributed by atoms with Gasteiger partial charge in [-0.15, -0.1) is 0 Å². The summed E-state index contributed by atoms with van der Waals surface area (Å²) in [5.41, 5.74) is 0. The van der Waals surface area contributed by atoms with Gasteiger partial charge in [0.1, 0.15) is 6.04 Å². The highest BCUT2D eigenvalue weighted by atomic mass is 16.4. The van der Waals surface area contributed by atoms with Crippen LogP contribution in [0.2, 0.25) is 0 Å². The van der Waals surface area contributed by atoms with Crippen LogP contribution in [-0.4, -0.2) is 35.8 Å². The first kappa shape index (κ1) is 14.7. The standard InChI is InChI=1S/C5H9NO2.2CHNO/c7-5(8)4-2-1-3-6-4;2*2-1-3/h4,6H,1-3H2,(H,7,8);2*2H. The van der Waals surface area contributed by atoms with Crippen molar-refractivity contribution >= 4 is 18.1 Å². The van der Waals surface area contributed by atoms with Crippen molar-refractivity contribution in [2.75, 3.05) is 6.54 Å². The molecule has 0 amide bonds. The average Bonchev–Trinajstić information content (AvgIpc) is 2.58. The minimum absolute atomic E-state index is 0.269. The monoisotopic (exact) mass is 201 g/mol. The van der Waals surface area contributed by atoms with Gasteiger partial charge in [-0.2, -0.15) is 0 Å². The molecule has 0 spiro atoms. The van der Waals surface area contributed by atoms with Crippen LogP contribution in [0, 0.1) is 10.8 Å².